The first-order valence-electron chi connectivity index (χ1n) is 2.98. The Morgan fingerprint density at radius 3 is 1.46 bits per heavy atom. The molecule has 0 saturated heterocycles. The van der Waals surface area contributed by atoms with E-state index in [9.17, 15) is 0 Å². The number of likely N-dealkylation sites (N-methyl/N-ethyl adjacent to an activating group) is 1. The molecular formula is C5H11NO7. The van der Waals surface area contributed by atoms with E-state index < -0.39 is 17.9 Å². The first-order chi connectivity index (χ1) is 5.70. The molecule has 0 unspecified atom stereocenters. The molecule has 0 aromatic carbocycles. The van der Waals surface area contributed by atoms with Gasteiger partial charge >= 0.3 is 11.9 Å². The highest BCUT2D eigenvalue weighted by Gasteiger charge is 2.14. The maximum atomic E-state index is 9.10. The lowest BCUT2D eigenvalue weighted by Crippen LogP contribution is -2.38. The highest BCUT2D eigenvalue weighted by molar-refractivity contribution is 6.27. The molecule has 6 N–H and O–H groups in total. The Morgan fingerprint density at radius 2 is 1.46 bits per heavy atom. The van der Waals surface area contributed by atoms with Crippen molar-refractivity contribution in [3.8, 4) is 0 Å². The second kappa shape index (κ2) is 6.31. The molecule has 0 atom stereocenters. The summed E-state index contributed by atoms with van der Waals surface area (Å²) in [5.41, 5.74) is 0. The summed E-state index contributed by atoms with van der Waals surface area (Å²) >= 11 is 0. The van der Waals surface area contributed by atoms with Gasteiger partial charge in [0.25, 0.3) is 5.97 Å². The maximum absolute atomic E-state index is 9.10. The molecule has 0 aliphatic rings. The van der Waals surface area contributed by atoms with E-state index in [0.717, 1.165) is 0 Å². The van der Waals surface area contributed by atoms with Gasteiger partial charge in [-0.2, -0.15) is 0 Å². The monoisotopic (exact) mass is 197 g/mol. The SMILES string of the molecule is CNCC(O)(O)O.O=C(O)C(=O)O. The predicted molar refractivity (Wildman–Crippen MR) is 38.6 cm³/mol. The molecule has 0 radical (unpaired) electrons. The molecule has 0 aliphatic heterocycles. The molecule has 0 aromatic heterocycles. The molecule has 78 valence electrons. The van der Waals surface area contributed by atoms with Crippen LogP contribution in [0.2, 0.25) is 0 Å². The van der Waals surface area contributed by atoms with Gasteiger partial charge in [-0.15, -0.1) is 0 Å². The lowest BCUT2D eigenvalue weighted by atomic mass is 10.6. The van der Waals surface area contributed by atoms with Gasteiger partial charge in [-0.25, -0.2) is 9.59 Å². The molecule has 0 saturated carbocycles. The minimum Gasteiger partial charge on any atom is -0.473 e. The molecule has 0 spiro atoms. The Kier molecular flexibility index (Phi) is 6.95. The van der Waals surface area contributed by atoms with Gasteiger partial charge in [0.1, 0.15) is 0 Å². The van der Waals surface area contributed by atoms with Gasteiger partial charge in [-0.3, -0.25) is 0 Å². The smallest absolute Gasteiger partial charge is 0.414 e. The topological polar surface area (TPSA) is 147 Å². The number of rotatable bonds is 2. The Morgan fingerprint density at radius 1 is 1.15 bits per heavy atom. The Labute approximate surface area is 73.0 Å². The van der Waals surface area contributed by atoms with Crippen LogP contribution in [-0.4, -0.2) is 57.0 Å². The molecule has 0 aliphatic carbocycles. The van der Waals surface area contributed by atoms with Crippen molar-refractivity contribution in [3.63, 3.8) is 0 Å². The summed E-state index contributed by atoms with van der Waals surface area (Å²) in [6, 6.07) is 0. The van der Waals surface area contributed by atoms with Crippen molar-refractivity contribution in [2.75, 3.05) is 13.6 Å². The van der Waals surface area contributed by atoms with Crippen molar-refractivity contribution >= 4 is 11.9 Å². The average Bonchev–Trinajstić information content (AvgIpc) is 1.85. The van der Waals surface area contributed by atoms with Crippen molar-refractivity contribution in [2.45, 2.75) is 5.97 Å². The van der Waals surface area contributed by atoms with Crippen LogP contribution in [0.15, 0.2) is 0 Å². The fraction of sp³-hybridized carbons (Fsp3) is 0.600. The molecule has 0 fully saturated rings. The predicted octanol–water partition coefficient (Wildman–Crippen LogP) is -3.01. The van der Waals surface area contributed by atoms with E-state index in [0.29, 0.717) is 0 Å². The summed E-state index contributed by atoms with van der Waals surface area (Å²) in [6.07, 6.45) is 0. The molecule has 0 rings (SSSR count). The van der Waals surface area contributed by atoms with Crippen molar-refractivity contribution in [1.82, 2.24) is 5.32 Å². The Hall–Kier alpha value is -1.22. The fourth-order valence-electron chi connectivity index (χ4n) is 0.237. The first-order valence-corrected chi connectivity index (χ1v) is 2.98. The molecule has 0 aromatic rings. The van der Waals surface area contributed by atoms with E-state index in [4.69, 9.17) is 35.1 Å². The van der Waals surface area contributed by atoms with E-state index in [-0.39, 0.29) is 6.54 Å². The highest BCUT2D eigenvalue weighted by Crippen LogP contribution is 1.85. The lowest BCUT2D eigenvalue weighted by molar-refractivity contribution is -0.305. The fourth-order valence-corrected chi connectivity index (χ4v) is 0.237. The molecule has 0 heterocycles. The van der Waals surface area contributed by atoms with Crippen LogP contribution < -0.4 is 5.32 Å². The first kappa shape index (κ1) is 14.3. The van der Waals surface area contributed by atoms with Gasteiger partial charge in [-0.1, -0.05) is 0 Å². The van der Waals surface area contributed by atoms with Crippen LogP contribution in [0.4, 0.5) is 0 Å². The summed E-state index contributed by atoms with van der Waals surface area (Å²) in [7, 11) is 1.50. The van der Waals surface area contributed by atoms with E-state index in [1.165, 1.54) is 7.05 Å². The minimum atomic E-state index is -2.56. The molecule has 0 amide bonds. The number of hydrogen-bond donors (Lipinski definition) is 6. The van der Waals surface area contributed by atoms with Crippen molar-refractivity contribution in [1.29, 1.82) is 0 Å². The largest absolute Gasteiger partial charge is 0.473 e. The summed E-state index contributed by atoms with van der Waals surface area (Å²) in [6.45, 7) is -0.243. The van der Waals surface area contributed by atoms with E-state index in [2.05, 4.69) is 5.32 Å². The number of aliphatic hydroxyl groups is 3. The van der Waals surface area contributed by atoms with Gasteiger partial charge in [0.2, 0.25) is 0 Å². The maximum Gasteiger partial charge on any atom is 0.414 e. The third-order valence-corrected chi connectivity index (χ3v) is 0.597. The minimum absolute atomic E-state index is 0.243. The Balaban J connectivity index is 0. The van der Waals surface area contributed by atoms with Crippen LogP contribution in [-0.2, 0) is 9.59 Å². The zero-order chi connectivity index (χ0) is 11.1. The van der Waals surface area contributed by atoms with E-state index >= 15 is 0 Å². The summed E-state index contributed by atoms with van der Waals surface area (Å²) in [5.74, 6) is -6.21. The van der Waals surface area contributed by atoms with Crippen LogP contribution in [0.5, 0.6) is 0 Å². The third-order valence-electron chi connectivity index (χ3n) is 0.597. The lowest BCUT2D eigenvalue weighted by Gasteiger charge is -2.11. The van der Waals surface area contributed by atoms with Gasteiger partial charge < -0.3 is 30.8 Å². The Bertz CT molecular complexity index is 160. The molecular weight excluding hydrogens is 186 g/mol. The van der Waals surface area contributed by atoms with Crippen molar-refractivity contribution in [2.24, 2.45) is 0 Å². The number of carboxylic acids is 2. The summed E-state index contributed by atoms with van der Waals surface area (Å²) in [5, 5.41) is 41.3. The van der Waals surface area contributed by atoms with Crippen LogP contribution in [0, 0.1) is 0 Å². The molecule has 8 nitrogen and oxygen atoms in total. The number of carbonyl (C=O) groups is 2. The second-order valence-electron chi connectivity index (χ2n) is 1.91. The quantitative estimate of drug-likeness (QED) is 0.202. The second-order valence-corrected chi connectivity index (χ2v) is 1.91. The van der Waals surface area contributed by atoms with Crippen LogP contribution in [0.1, 0.15) is 0 Å². The van der Waals surface area contributed by atoms with Crippen LogP contribution in [0.25, 0.3) is 0 Å². The van der Waals surface area contributed by atoms with Gasteiger partial charge in [-0.05, 0) is 7.05 Å². The van der Waals surface area contributed by atoms with Crippen molar-refractivity contribution < 1.29 is 35.1 Å². The van der Waals surface area contributed by atoms with E-state index in [1.54, 1.807) is 0 Å². The normalized spacial score (nSPS) is 9.85. The zero-order valence-corrected chi connectivity index (χ0v) is 6.76. The average molecular weight is 197 g/mol. The third kappa shape index (κ3) is 18.1. The van der Waals surface area contributed by atoms with Crippen LogP contribution >= 0.6 is 0 Å². The standard InChI is InChI=1S/C3H9NO3.C2H2O4/c1-4-2-3(5,6)7;3-1(4)2(5)6/h4-7H,2H2,1H3;(H,3,4)(H,5,6). The molecule has 0 bridgehead atoms. The van der Waals surface area contributed by atoms with Crippen molar-refractivity contribution in [3.05, 3.63) is 0 Å². The van der Waals surface area contributed by atoms with Gasteiger partial charge in [0.05, 0.1) is 6.54 Å². The number of carboxylic acid groups (broad SMARTS) is 2. The van der Waals surface area contributed by atoms with Gasteiger partial charge in [0.15, 0.2) is 0 Å². The summed E-state index contributed by atoms with van der Waals surface area (Å²) < 4.78 is 0. The van der Waals surface area contributed by atoms with E-state index in [1.807, 2.05) is 0 Å². The number of nitrogens with one attached hydrogen (secondary N) is 1. The van der Waals surface area contributed by atoms with Gasteiger partial charge in [0, 0.05) is 0 Å². The zero-order valence-electron chi connectivity index (χ0n) is 6.76. The highest BCUT2D eigenvalue weighted by atomic mass is 16.7. The molecule has 13 heavy (non-hydrogen) atoms. The number of hydrogen-bond acceptors (Lipinski definition) is 6. The van der Waals surface area contributed by atoms with Crippen LogP contribution in [0.3, 0.4) is 0 Å². The number of aliphatic carboxylic acids is 2. The summed E-state index contributed by atoms with van der Waals surface area (Å²) in [4.78, 5) is 18.2. The molecule has 8 heteroatoms.